The third-order valence-electron chi connectivity index (χ3n) is 4.06. The highest BCUT2D eigenvalue weighted by atomic mass is 16.6. The van der Waals surface area contributed by atoms with E-state index in [2.05, 4.69) is 29.6 Å². The Kier molecular flexibility index (Phi) is 5.91. The number of hydrogen-bond acceptors (Lipinski definition) is 3. The van der Waals surface area contributed by atoms with Gasteiger partial charge in [0.05, 0.1) is 0 Å². The van der Waals surface area contributed by atoms with Gasteiger partial charge in [-0.05, 0) is 58.2 Å². The maximum atomic E-state index is 12.2. The molecule has 0 heterocycles. The molecule has 0 spiro atoms. The molecule has 4 heteroatoms. The van der Waals surface area contributed by atoms with E-state index in [1.807, 2.05) is 27.7 Å². The maximum Gasteiger partial charge on any atom is 0.410 e. The number of benzene rings is 1. The van der Waals surface area contributed by atoms with Gasteiger partial charge in [0.2, 0.25) is 0 Å². The van der Waals surface area contributed by atoms with E-state index in [-0.39, 0.29) is 6.09 Å². The summed E-state index contributed by atoms with van der Waals surface area (Å²) < 4.78 is 5.47. The Balaban J connectivity index is 1.98. The monoisotopic (exact) mass is 318 g/mol. The normalized spacial score (nSPS) is 15.5. The van der Waals surface area contributed by atoms with E-state index in [4.69, 9.17) is 4.74 Å². The first-order chi connectivity index (χ1) is 10.9. The van der Waals surface area contributed by atoms with Gasteiger partial charge in [-0.25, -0.2) is 4.79 Å². The fourth-order valence-corrected chi connectivity index (χ4v) is 2.92. The molecule has 1 aromatic carbocycles. The molecule has 4 nitrogen and oxygen atoms in total. The van der Waals surface area contributed by atoms with Crippen LogP contribution in [0, 0.1) is 0 Å². The molecule has 23 heavy (non-hydrogen) atoms. The molecule has 128 valence electrons. The Hall–Kier alpha value is -1.71. The first-order valence-electron chi connectivity index (χ1n) is 8.71. The zero-order valence-corrected chi connectivity index (χ0v) is 14.9. The number of carbonyl (C=O) groups is 1. The SMILES string of the molecule is CCN(Cc1cccc(NC2CCCC2)c1)C(=O)OC(C)(C)C. The lowest BCUT2D eigenvalue weighted by atomic mass is 10.1. The summed E-state index contributed by atoms with van der Waals surface area (Å²) in [5, 5.41) is 3.61. The van der Waals surface area contributed by atoms with E-state index >= 15 is 0 Å². The number of carbonyl (C=O) groups excluding carboxylic acids is 1. The van der Waals surface area contributed by atoms with Crippen molar-refractivity contribution in [2.75, 3.05) is 11.9 Å². The average molecular weight is 318 g/mol. The second kappa shape index (κ2) is 7.71. The molecule has 1 saturated carbocycles. The van der Waals surface area contributed by atoms with Crippen molar-refractivity contribution in [1.29, 1.82) is 0 Å². The summed E-state index contributed by atoms with van der Waals surface area (Å²) in [4.78, 5) is 14.0. The van der Waals surface area contributed by atoms with Crippen LogP contribution >= 0.6 is 0 Å². The summed E-state index contributed by atoms with van der Waals surface area (Å²) >= 11 is 0. The molecular formula is C19H30N2O2. The minimum Gasteiger partial charge on any atom is -0.444 e. The number of nitrogens with zero attached hydrogens (tertiary/aromatic N) is 1. The maximum absolute atomic E-state index is 12.2. The Labute approximate surface area is 140 Å². The molecule has 0 bridgehead atoms. The van der Waals surface area contributed by atoms with Crippen molar-refractivity contribution in [3.63, 3.8) is 0 Å². The Morgan fingerprint density at radius 3 is 2.61 bits per heavy atom. The highest BCUT2D eigenvalue weighted by Crippen LogP contribution is 2.23. The number of ether oxygens (including phenoxy) is 1. The zero-order valence-electron chi connectivity index (χ0n) is 14.9. The summed E-state index contributed by atoms with van der Waals surface area (Å²) in [7, 11) is 0. The van der Waals surface area contributed by atoms with Crippen molar-refractivity contribution in [1.82, 2.24) is 4.90 Å². The molecule has 0 aromatic heterocycles. The standard InChI is InChI=1S/C19H30N2O2/c1-5-21(18(22)23-19(2,3)4)14-15-9-8-12-17(13-15)20-16-10-6-7-11-16/h8-9,12-13,16,20H,5-7,10-11,14H2,1-4H3. The van der Waals surface area contributed by atoms with Crippen LogP contribution in [0.25, 0.3) is 0 Å². The number of nitrogens with one attached hydrogen (secondary N) is 1. The molecule has 0 radical (unpaired) electrons. The molecule has 1 aliphatic carbocycles. The van der Waals surface area contributed by atoms with Crippen molar-refractivity contribution in [2.24, 2.45) is 0 Å². The van der Waals surface area contributed by atoms with E-state index in [9.17, 15) is 4.79 Å². The van der Waals surface area contributed by atoms with Gasteiger partial charge in [0, 0.05) is 24.8 Å². The van der Waals surface area contributed by atoms with Gasteiger partial charge in [-0.15, -0.1) is 0 Å². The number of amides is 1. The van der Waals surface area contributed by atoms with Crippen molar-refractivity contribution in [2.45, 2.75) is 71.6 Å². The fraction of sp³-hybridized carbons (Fsp3) is 0.632. The lowest BCUT2D eigenvalue weighted by Crippen LogP contribution is -2.36. The summed E-state index contributed by atoms with van der Waals surface area (Å²) in [6.45, 7) is 8.87. The second-order valence-corrected chi connectivity index (χ2v) is 7.32. The van der Waals surface area contributed by atoms with Crippen LogP contribution in [-0.4, -0.2) is 29.2 Å². The van der Waals surface area contributed by atoms with Gasteiger partial charge < -0.3 is 15.0 Å². The third kappa shape index (κ3) is 5.77. The van der Waals surface area contributed by atoms with Crippen molar-refractivity contribution < 1.29 is 9.53 Å². The largest absolute Gasteiger partial charge is 0.444 e. The first kappa shape index (κ1) is 17.6. The molecule has 0 aliphatic heterocycles. The number of anilines is 1. The predicted molar refractivity (Wildman–Crippen MR) is 94.6 cm³/mol. The summed E-state index contributed by atoms with van der Waals surface area (Å²) in [6.07, 6.45) is 4.89. The van der Waals surface area contributed by atoms with Crippen molar-refractivity contribution in [3.05, 3.63) is 29.8 Å². The lowest BCUT2D eigenvalue weighted by Gasteiger charge is -2.26. The van der Waals surface area contributed by atoms with Gasteiger partial charge in [-0.2, -0.15) is 0 Å². The molecule has 1 aliphatic rings. The molecular weight excluding hydrogens is 288 g/mol. The Morgan fingerprint density at radius 1 is 1.30 bits per heavy atom. The van der Waals surface area contributed by atoms with E-state index in [1.165, 1.54) is 25.7 Å². The summed E-state index contributed by atoms with van der Waals surface area (Å²) in [5.41, 5.74) is 1.81. The number of rotatable bonds is 5. The molecule has 1 fully saturated rings. The topological polar surface area (TPSA) is 41.6 Å². The van der Waals surface area contributed by atoms with Gasteiger partial charge in [0.15, 0.2) is 0 Å². The first-order valence-corrected chi connectivity index (χ1v) is 8.71. The van der Waals surface area contributed by atoms with Crippen molar-refractivity contribution >= 4 is 11.8 Å². The average Bonchev–Trinajstić information content (AvgIpc) is 2.96. The van der Waals surface area contributed by atoms with Crippen LogP contribution in [0.2, 0.25) is 0 Å². The van der Waals surface area contributed by atoms with Gasteiger partial charge >= 0.3 is 6.09 Å². The molecule has 0 atom stereocenters. The van der Waals surface area contributed by atoms with Gasteiger partial charge in [0.1, 0.15) is 5.60 Å². The molecule has 0 saturated heterocycles. The van der Waals surface area contributed by atoms with Crippen LogP contribution in [0.3, 0.4) is 0 Å². The summed E-state index contributed by atoms with van der Waals surface area (Å²) in [6, 6.07) is 8.96. The molecule has 1 aromatic rings. The van der Waals surface area contributed by atoms with Crippen LogP contribution in [-0.2, 0) is 11.3 Å². The fourth-order valence-electron chi connectivity index (χ4n) is 2.92. The minimum atomic E-state index is -0.462. The number of hydrogen-bond donors (Lipinski definition) is 1. The van der Waals surface area contributed by atoms with Crippen LogP contribution in [0.4, 0.5) is 10.5 Å². The Morgan fingerprint density at radius 2 is 2.00 bits per heavy atom. The van der Waals surface area contributed by atoms with Crippen LogP contribution in [0.1, 0.15) is 58.9 Å². The van der Waals surface area contributed by atoms with Crippen LogP contribution < -0.4 is 5.32 Å². The van der Waals surface area contributed by atoms with E-state index < -0.39 is 5.60 Å². The Bertz CT molecular complexity index is 516. The highest BCUT2D eigenvalue weighted by Gasteiger charge is 2.21. The zero-order chi connectivity index (χ0) is 16.9. The van der Waals surface area contributed by atoms with Crippen LogP contribution in [0.5, 0.6) is 0 Å². The van der Waals surface area contributed by atoms with E-state index in [0.717, 1.165) is 11.3 Å². The van der Waals surface area contributed by atoms with Crippen molar-refractivity contribution in [3.8, 4) is 0 Å². The molecule has 2 rings (SSSR count). The third-order valence-corrected chi connectivity index (χ3v) is 4.06. The minimum absolute atomic E-state index is 0.255. The quantitative estimate of drug-likeness (QED) is 0.848. The van der Waals surface area contributed by atoms with Gasteiger partial charge in [-0.3, -0.25) is 0 Å². The van der Waals surface area contributed by atoms with Gasteiger partial charge in [-0.1, -0.05) is 25.0 Å². The lowest BCUT2D eigenvalue weighted by molar-refractivity contribution is 0.0244. The van der Waals surface area contributed by atoms with Crippen LogP contribution in [0.15, 0.2) is 24.3 Å². The molecule has 1 amide bonds. The second-order valence-electron chi connectivity index (χ2n) is 7.32. The molecule has 1 N–H and O–H groups in total. The smallest absolute Gasteiger partial charge is 0.410 e. The predicted octanol–water partition coefficient (Wildman–Crippen LogP) is 4.80. The van der Waals surface area contributed by atoms with Gasteiger partial charge in [0.25, 0.3) is 0 Å². The van der Waals surface area contributed by atoms with E-state index in [1.54, 1.807) is 4.90 Å². The molecule has 0 unspecified atom stereocenters. The summed E-state index contributed by atoms with van der Waals surface area (Å²) in [5.74, 6) is 0. The van der Waals surface area contributed by atoms with E-state index in [0.29, 0.717) is 19.1 Å². The highest BCUT2D eigenvalue weighted by molar-refractivity contribution is 5.68.